The summed E-state index contributed by atoms with van der Waals surface area (Å²) in [5.41, 5.74) is 6.66. The molecule has 0 amide bonds. The fourth-order valence-electron chi connectivity index (χ4n) is 3.13. The van der Waals surface area contributed by atoms with E-state index in [-0.39, 0.29) is 5.69 Å². The number of nitro groups is 1. The lowest BCUT2D eigenvalue weighted by Crippen LogP contribution is -2.14. The van der Waals surface area contributed by atoms with Gasteiger partial charge in [-0.1, -0.05) is 12.1 Å². The summed E-state index contributed by atoms with van der Waals surface area (Å²) in [5.74, 6) is 0. The lowest BCUT2D eigenvalue weighted by molar-refractivity contribution is -0.384. The van der Waals surface area contributed by atoms with E-state index in [1.165, 1.54) is 34.6 Å². The first-order valence-corrected chi connectivity index (χ1v) is 10.8. The molecule has 4 aromatic rings. The van der Waals surface area contributed by atoms with Crippen molar-refractivity contribution in [3.05, 3.63) is 104 Å². The van der Waals surface area contributed by atoms with Crippen LogP contribution in [-0.2, 0) is 0 Å². The third-order valence-electron chi connectivity index (χ3n) is 5.10. The molecule has 32 heavy (non-hydrogen) atoms. The number of thiazole rings is 1. The van der Waals surface area contributed by atoms with Gasteiger partial charge in [0.1, 0.15) is 0 Å². The number of hydrogen-bond donors (Lipinski definition) is 0. The number of aryl methyl sites for hydroxylation is 2. The molecule has 2 heterocycles. The van der Waals surface area contributed by atoms with Crippen molar-refractivity contribution in [1.29, 1.82) is 0 Å². The van der Waals surface area contributed by atoms with Crippen molar-refractivity contribution in [3.63, 3.8) is 0 Å². The highest BCUT2D eigenvalue weighted by Gasteiger charge is 2.12. The van der Waals surface area contributed by atoms with Crippen LogP contribution in [0.4, 0.5) is 11.4 Å². The monoisotopic (exact) mass is 443 g/mol. The minimum absolute atomic E-state index is 0.0469. The summed E-state index contributed by atoms with van der Waals surface area (Å²) >= 11 is 1.45. The summed E-state index contributed by atoms with van der Waals surface area (Å²) in [6.45, 7) is 6.12. The molecule has 2 aromatic heterocycles. The molecular formula is C24H21N5O2S. The Morgan fingerprint density at radius 2 is 1.88 bits per heavy atom. The van der Waals surface area contributed by atoms with Crippen LogP contribution in [-0.4, -0.2) is 20.3 Å². The van der Waals surface area contributed by atoms with Crippen molar-refractivity contribution in [3.8, 4) is 11.3 Å². The van der Waals surface area contributed by atoms with Crippen LogP contribution in [0.5, 0.6) is 0 Å². The standard InChI is InChI=1S/C24H21N5O2S/c1-16-6-7-20(13-17(16)2)18(3)27-28-23(19-8-10-22(11-9-19)29(30)31)15-32-24(28)26-21-5-4-12-25-14-21/h4-15H,1-3H3. The smallest absolute Gasteiger partial charge is 0.262 e. The summed E-state index contributed by atoms with van der Waals surface area (Å²) in [7, 11) is 0. The number of benzene rings is 2. The fraction of sp³-hybridized carbons (Fsp3) is 0.125. The zero-order valence-corrected chi connectivity index (χ0v) is 18.7. The number of non-ortho nitro benzene ring substituents is 1. The predicted molar refractivity (Wildman–Crippen MR) is 127 cm³/mol. The molecule has 4 rings (SSSR count). The molecule has 0 saturated heterocycles. The molecule has 0 unspecified atom stereocenters. The second-order valence-electron chi connectivity index (χ2n) is 7.33. The first-order valence-electron chi connectivity index (χ1n) is 9.96. The van der Waals surface area contributed by atoms with E-state index in [0.29, 0.717) is 4.80 Å². The molecule has 8 heteroatoms. The van der Waals surface area contributed by atoms with Gasteiger partial charge in [-0.3, -0.25) is 15.1 Å². The first kappa shape index (κ1) is 21.3. The van der Waals surface area contributed by atoms with Crippen LogP contribution in [0.3, 0.4) is 0 Å². The average molecular weight is 444 g/mol. The zero-order valence-electron chi connectivity index (χ0n) is 17.9. The number of rotatable bonds is 5. The van der Waals surface area contributed by atoms with Gasteiger partial charge in [-0.25, -0.2) is 9.67 Å². The normalized spacial score (nSPS) is 12.2. The van der Waals surface area contributed by atoms with E-state index in [2.05, 4.69) is 37.0 Å². The fourth-order valence-corrected chi connectivity index (χ4v) is 3.98. The Labute approximate surface area is 189 Å². The highest BCUT2D eigenvalue weighted by molar-refractivity contribution is 7.07. The van der Waals surface area contributed by atoms with E-state index in [9.17, 15) is 10.1 Å². The van der Waals surface area contributed by atoms with Gasteiger partial charge in [-0.05, 0) is 67.8 Å². The molecule has 160 valence electrons. The molecule has 0 fully saturated rings. The molecule has 0 aliphatic carbocycles. The van der Waals surface area contributed by atoms with Gasteiger partial charge in [0.25, 0.3) is 5.69 Å². The van der Waals surface area contributed by atoms with Crippen LogP contribution in [0, 0.1) is 24.0 Å². The number of nitrogens with zero attached hydrogens (tertiary/aromatic N) is 5. The number of hydrogen-bond acceptors (Lipinski definition) is 6. The van der Waals surface area contributed by atoms with Crippen molar-refractivity contribution in [1.82, 2.24) is 9.66 Å². The molecule has 0 atom stereocenters. The maximum atomic E-state index is 11.0. The third-order valence-corrected chi connectivity index (χ3v) is 5.92. The van der Waals surface area contributed by atoms with E-state index in [1.54, 1.807) is 29.2 Å². The van der Waals surface area contributed by atoms with Crippen LogP contribution >= 0.6 is 11.3 Å². The zero-order chi connectivity index (χ0) is 22.7. The maximum Gasteiger partial charge on any atom is 0.269 e. The molecule has 0 aliphatic rings. The van der Waals surface area contributed by atoms with E-state index >= 15 is 0 Å². The Balaban J connectivity index is 1.87. The van der Waals surface area contributed by atoms with Gasteiger partial charge < -0.3 is 0 Å². The predicted octanol–water partition coefficient (Wildman–Crippen LogP) is 5.64. The summed E-state index contributed by atoms with van der Waals surface area (Å²) in [4.78, 5) is 20.2. The van der Waals surface area contributed by atoms with Gasteiger partial charge in [-0.15, -0.1) is 11.3 Å². The molecule has 2 aromatic carbocycles. The SMILES string of the molecule is CC(=Nn1c(-c2ccc([N+](=O)[O-])cc2)csc1=Nc1cccnc1)c1ccc(C)c(C)c1. The lowest BCUT2D eigenvalue weighted by Gasteiger charge is -2.08. The van der Waals surface area contributed by atoms with Gasteiger partial charge in [0.2, 0.25) is 4.80 Å². The van der Waals surface area contributed by atoms with Crippen molar-refractivity contribution in [2.75, 3.05) is 0 Å². The van der Waals surface area contributed by atoms with Crippen LogP contribution in [0.25, 0.3) is 11.3 Å². The topological polar surface area (TPSA) is 85.7 Å². The minimum atomic E-state index is -0.406. The van der Waals surface area contributed by atoms with Gasteiger partial charge in [0.15, 0.2) is 0 Å². The first-order chi connectivity index (χ1) is 15.4. The lowest BCUT2D eigenvalue weighted by atomic mass is 10.0. The molecule has 0 aliphatic heterocycles. The van der Waals surface area contributed by atoms with E-state index < -0.39 is 4.92 Å². The van der Waals surface area contributed by atoms with Crippen LogP contribution in [0.15, 0.2) is 82.5 Å². The summed E-state index contributed by atoms with van der Waals surface area (Å²) in [6.07, 6.45) is 3.39. The molecule has 7 nitrogen and oxygen atoms in total. The van der Waals surface area contributed by atoms with Crippen LogP contribution in [0.1, 0.15) is 23.6 Å². The molecule has 0 saturated carbocycles. The van der Waals surface area contributed by atoms with E-state index in [0.717, 1.165) is 28.2 Å². The summed E-state index contributed by atoms with van der Waals surface area (Å²) < 4.78 is 1.78. The Morgan fingerprint density at radius 1 is 1.09 bits per heavy atom. The molecule has 0 spiro atoms. The largest absolute Gasteiger partial charge is 0.269 e. The van der Waals surface area contributed by atoms with Crippen molar-refractivity contribution < 1.29 is 4.92 Å². The Kier molecular flexibility index (Phi) is 6.04. The number of aromatic nitrogens is 2. The summed E-state index contributed by atoms with van der Waals surface area (Å²) in [6, 6.07) is 16.4. The maximum absolute atomic E-state index is 11.0. The number of pyridine rings is 1. The summed E-state index contributed by atoms with van der Waals surface area (Å²) in [5, 5.41) is 17.9. The highest BCUT2D eigenvalue weighted by atomic mass is 32.1. The molecule has 0 radical (unpaired) electrons. The van der Waals surface area contributed by atoms with E-state index in [4.69, 9.17) is 10.1 Å². The minimum Gasteiger partial charge on any atom is -0.262 e. The van der Waals surface area contributed by atoms with Gasteiger partial charge in [0.05, 0.1) is 28.2 Å². The average Bonchev–Trinajstić information content (AvgIpc) is 3.18. The second kappa shape index (κ2) is 9.07. The molecule has 0 bridgehead atoms. The van der Waals surface area contributed by atoms with Crippen molar-refractivity contribution in [2.45, 2.75) is 20.8 Å². The van der Waals surface area contributed by atoms with Crippen LogP contribution < -0.4 is 4.80 Å². The van der Waals surface area contributed by atoms with Gasteiger partial charge in [-0.2, -0.15) is 5.10 Å². The third kappa shape index (κ3) is 4.55. The number of nitro benzene ring substituents is 1. The van der Waals surface area contributed by atoms with Crippen molar-refractivity contribution in [2.24, 2.45) is 10.1 Å². The molecule has 0 N–H and O–H groups in total. The van der Waals surface area contributed by atoms with Crippen LogP contribution in [0.2, 0.25) is 0 Å². The quantitative estimate of drug-likeness (QED) is 0.227. The van der Waals surface area contributed by atoms with E-state index in [1.807, 2.05) is 24.4 Å². The van der Waals surface area contributed by atoms with Crippen molar-refractivity contribution >= 4 is 28.4 Å². The highest BCUT2D eigenvalue weighted by Crippen LogP contribution is 2.24. The Hall–Kier alpha value is -3.91. The molecular weight excluding hydrogens is 422 g/mol. The van der Waals surface area contributed by atoms with Gasteiger partial charge >= 0.3 is 0 Å². The Morgan fingerprint density at radius 3 is 2.53 bits per heavy atom. The second-order valence-corrected chi connectivity index (χ2v) is 8.16. The van der Waals surface area contributed by atoms with Gasteiger partial charge in [0, 0.05) is 29.3 Å². The Bertz CT molecular complexity index is 1370.